The SMILES string of the molecule is CCNC(c1ccc2c(c1)COC2)c1c(C)oc(C)c1C. The van der Waals surface area contributed by atoms with Crippen LogP contribution in [0.1, 0.15) is 52.3 Å². The monoisotopic (exact) mass is 285 g/mol. The van der Waals surface area contributed by atoms with Crippen molar-refractivity contribution in [2.24, 2.45) is 0 Å². The van der Waals surface area contributed by atoms with Gasteiger partial charge in [-0.25, -0.2) is 0 Å². The molecule has 21 heavy (non-hydrogen) atoms. The molecule has 0 spiro atoms. The van der Waals surface area contributed by atoms with Crippen molar-refractivity contribution in [3.05, 3.63) is 57.5 Å². The van der Waals surface area contributed by atoms with E-state index in [0.29, 0.717) is 0 Å². The van der Waals surface area contributed by atoms with Gasteiger partial charge in [0.1, 0.15) is 11.5 Å². The maximum absolute atomic E-state index is 5.82. The molecule has 2 heterocycles. The van der Waals surface area contributed by atoms with Gasteiger partial charge in [-0.1, -0.05) is 25.1 Å². The van der Waals surface area contributed by atoms with Crippen molar-refractivity contribution in [2.45, 2.75) is 47.0 Å². The molecule has 0 saturated carbocycles. The summed E-state index contributed by atoms with van der Waals surface area (Å²) < 4.78 is 11.4. The van der Waals surface area contributed by atoms with Crippen LogP contribution in [0.15, 0.2) is 22.6 Å². The van der Waals surface area contributed by atoms with Crippen LogP contribution in [-0.4, -0.2) is 6.54 Å². The molecule has 0 radical (unpaired) electrons. The number of nitrogens with one attached hydrogen (secondary N) is 1. The van der Waals surface area contributed by atoms with Gasteiger partial charge in [0, 0.05) is 5.56 Å². The Bertz CT molecular complexity index is 657. The Morgan fingerprint density at radius 2 is 1.86 bits per heavy atom. The molecule has 112 valence electrons. The van der Waals surface area contributed by atoms with E-state index in [1.807, 2.05) is 6.92 Å². The van der Waals surface area contributed by atoms with Crippen LogP contribution >= 0.6 is 0 Å². The maximum Gasteiger partial charge on any atom is 0.106 e. The van der Waals surface area contributed by atoms with Crippen LogP contribution in [0, 0.1) is 20.8 Å². The van der Waals surface area contributed by atoms with E-state index in [4.69, 9.17) is 9.15 Å². The molecule has 0 fully saturated rings. The van der Waals surface area contributed by atoms with Crippen molar-refractivity contribution < 1.29 is 9.15 Å². The average molecular weight is 285 g/mol. The average Bonchev–Trinajstić information content (AvgIpc) is 3.02. The van der Waals surface area contributed by atoms with Crippen LogP contribution in [0.4, 0.5) is 0 Å². The van der Waals surface area contributed by atoms with Crippen molar-refractivity contribution in [3.63, 3.8) is 0 Å². The summed E-state index contributed by atoms with van der Waals surface area (Å²) >= 11 is 0. The van der Waals surface area contributed by atoms with Gasteiger partial charge in [-0.2, -0.15) is 0 Å². The fourth-order valence-corrected chi connectivity index (χ4v) is 3.20. The van der Waals surface area contributed by atoms with Gasteiger partial charge in [0.05, 0.1) is 19.3 Å². The Labute approximate surface area is 126 Å². The highest BCUT2D eigenvalue weighted by molar-refractivity contribution is 5.43. The summed E-state index contributed by atoms with van der Waals surface area (Å²) in [6.07, 6.45) is 0. The number of ether oxygens (including phenoxy) is 1. The van der Waals surface area contributed by atoms with Gasteiger partial charge >= 0.3 is 0 Å². The van der Waals surface area contributed by atoms with E-state index in [1.54, 1.807) is 0 Å². The third-order valence-corrected chi connectivity index (χ3v) is 4.39. The second-order valence-electron chi connectivity index (χ2n) is 5.76. The summed E-state index contributed by atoms with van der Waals surface area (Å²) in [5, 5.41) is 3.60. The molecule has 1 aromatic heterocycles. The highest BCUT2D eigenvalue weighted by Gasteiger charge is 2.23. The summed E-state index contributed by atoms with van der Waals surface area (Å²) in [4.78, 5) is 0. The van der Waals surface area contributed by atoms with Crippen LogP contribution in [0.5, 0.6) is 0 Å². The van der Waals surface area contributed by atoms with Gasteiger partial charge in [-0.15, -0.1) is 0 Å². The highest BCUT2D eigenvalue weighted by Crippen LogP contribution is 2.33. The Morgan fingerprint density at radius 3 is 2.52 bits per heavy atom. The van der Waals surface area contributed by atoms with Crippen LogP contribution in [-0.2, 0) is 18.0 Å². The van der Waals surface area contributed by atoms with Gasteiger partial charge < -0.3 is 14.5 Å². The first-order valence-corrected chi connectivity index (χ1v) is 7.61. The normalized spacial score (nSPS) is 15.2. The number of benzene rings is 1. The maximum atomic E-state index is 5.82. The molecule has 2 aromatic rings. The second kappa shape index (κ2) is 5.66. The molecule has 1 atom stereocenters. The number of hydrogen-bond acceptors (Lipinski definition) is 3. The highest BCUT2D eigenvalue weighted by atomic mass is 16.5. The first-order valence-electron chi connectivity index (χ1n) is 7.61. The molecule has 1 unspecified atom stereocenters. The third-order valence-electron chi connectivity index (χ3n) is 4.39. The summed E-state index contributed by atoms with van der Waals surface area (Å²) in [6.45, 7) is 10.8. The Kier molecular flexibility index (Phi) is 3.87. The minimum absolute atomic E-state index is 0.179. The third kappa shape index (κ3) is 2.52. The number of rotatable bonds is 4. The molecule has 1 aromatic carbocycles. The van der Waals surface area contributed by atoms with Crippen molar-refractivity contribution >= 4 is 0 Å². The lowest BCUT2D eigenvalue weighted by molar-refractivity contribution is 0.134. The fraction of sp³-hybridized carbons (Fsp3) is 0.444. The van der Waals surface area contributed by atoms with E-state index < -0.39 is 0 Å². The molecule has 3 nitrogen and oxygen atoms in total. The van der Waals surface area contributed by atoms with Gasteiger partial charge in [0.15, 0.2) is 0 Å². The van der Waals surface area contributed by atoms with E-state index >= 15 is 0 Å². The lowest BCUT2D eigenvalue weighted by Gasteiger charge is -2.20. The van der Waals surface area contributed by atoms with Crippen molar-refractivity contribution in [1.82, 2.24) is 5.32 Å². The van der Waals surface area contributed by atoms with Gasteiger partial charge in [0.2, 0.25) is 0 Å². The minimum Gasteiger partial charge on any atom is -0.466 e. The van der Waals surface area contributed by atoms with Crippen LogP contribution in [0.25, 0.3) is 0 Å². The molecule has 1 aliphatic heterocycles. The molecule has 0 bridgehead atoms. The van der Waals surface area contributed by atoms with Crippen molar-refractivity contribution in [2.75, 3.05) is 6.54 Å². The Hall–Kier alpha value is -1.58. The number of hydrogen-bond donors (Lipinski definition) is 1. The van der Waals surface area contributed by atoms with Crippen LogP contribution in [0.3, 0.4) is 0 Å². The smallest absolute Gasteiger partial charge is 0.106 e. The zero-order valence-electron chi connectivity index (χ0n) is 13.2. The largest absolute Gasteiger partial charge is 0.466 e. The van der Waals surface area contributed by atoms with E-state index in [9.17, 15) is 0 Å². The molecule has 0 saturated heterocycles. The molecule has 3 heteroatoms. The lowest BCUT2D eigenvalue weighted by Crippen LogP contribution is -2.23. The number of aryl methyl sites for hydroxylation is 2. The van der Waals surface area contributed by atoms with Crippen LogP contribution < -0.4 is 5.32 Å². The van der Waals surface area contributed by atoms with Crippen LogP contribution in [0.2, 0.25) is 0 Å². The van der Waals surface area contributed by atoms with E-state index in [0.717, 1.165) is 31.3 Å². The lowest BCUT2D eigenvalue weighted by atomic mass is 9.93. The fourth-order valence-electron chi connectivity index (χ4n) is 3.20. The first kappa shape index (κ1) is 14.4. The topological polar surface area (TPSA) is 34.4 Å². The first-order chi connectivity index (χ1) is 10.1. The molecule has 1 aliphatic rings. The Morgan fingerprint density at radius 1 is 1.10 bits per heavy atom. The number of fused-ring (bicyclic) bond motifs is 1. The zero-order chi connectivity index (χ0) is 15.0. The van der Waals surface area contributed by atoms with Gasteiger partial charge in [0.25, 0.3) is 0 Å². The molecular weight excluding hydrogens is 262 g/mol. The Balaban J connectivity index is 2.05. The van der Waals surface area contributed by atoms with Gasteiger partial charge in [-0.3, -0.25) is 0 Å². The molecule has 3 rings (SSSR count). The van der Waals surface area contributed by atoms with E-state index in [2.05, 4.69) is 44.3 Å². The second-order valence-corrected chi connectivity index (χ2v) is 5.76. The molecular formula is C18H23NO2. The van der Waals surface area contributed by atoms with Gasteiger partial charge in [-0.05, 0) is 49.6 Å². The number of furan rings is 1. The molecule has 0 amide bonds. The molecule has 1 N–H and O–H groups in total. The molecule has 0 aliphatic carbocycles. The summed E-state index contributed by atoms with van der Waals surface area (Å²) in [6, 6.07) is 6.86. The van der Waals surface area contributed by atoms with E-state index in [1.165, 1.54) is 27.8 Å². The summed E-state index contributed by atoms with van der Waals surface area (Å²) in [5.74, 6) is 2.02. The predicted octanol–water partition coefficient (Wildman–Crippen LogP) is 3.93. The van der Waals surface area contributed by atoms with E-state index in [-0.39, 0.29) is 6.04 Å². The standard InChI is InChI=1S/C18H23NO2/c1-5-19-18(17-11(2)12(3)21-13(17)4)14-6-7-15-9-20-10-16(15)8-14/h6-8,18-19H,5,9-10H2,1-4H3. The predicted molar refractivity (Wildman–Crippen MR) is 83.4 cm³/mol. The summed E-state index contributed by atoms with van der Waals surface area (Å²) in [7, 11) is 0. The summed E-state index contributed by atoms with van der Waals surface area (Å²) in [5.41, 5.74) is 6.42. The quantitative estimate of drug-likeness (QED) is 0.924. The minimum atomic E-state index is 0.179. The zero-order valence-corrected chi connectivity index (χ0v) is 13.2. The van der Waals surface area contributed by atoms with Crippen molar-refractivity contribution in [3.8, 4) is 0 Å². The van der Waals surface area contributed by atoms with Crippen molar-refractivity contribution in [1.29, 1.82) is 0 Å².